The molecule has 0 radical (unpaired) electrons. The Bertz CT molecular complexity index is 194. The second-order valence-electron chi connectivity index (χ2n) is 0.971. The summed E-state index contributed by atoms with van der Waals surface area (Å²) >= 11 is 0. The molecule has 0 amide bonds. The molecule has 0 fully saturated rings. The molecule has 0 bridgehead atoms. The van der Waals surface area contributed by atoms with E-state index in [0.717, 1.165) is 0 Å². The van der Waals surface area contributed by atoms with E-state index in [0.29, 0.717) is 6.26 Å². The van der Waals surface area contributed by atoms with E-state index in [4.69, 9.17) is 17.5 Å². The molecular weight excluding hydrogens is 184 g/mol. The van der Waals surface area contributed by atoms with Crippen LogP contribution >= 0.6 is 0 Å². The molecule has 0 spiro atoms. The maximum absolute atomic E-state index is 9.19. The molecule has 0 aliphatic carbocycles. The van der Waals surface area contributed by atoms with Crippen LogP contribution in [0, 0.1) is 0 Å². The standard InChI is InChI=1S/CH4O3S.CH4.H2O3S/c1-5(2,3)4;;1-4(2)3/h1H3,(H,2,3,4);1H4;4H,(H,1,2,3). The van der Waals surface area contributed by atoms with Crippen molar-refractivity contribution in [2.24, 2.45) is 0 Å². The third kappa shape index (κ3) is 11200. The molecule has 0 aliphatic rings. The van der Waals surface area contributed by atoms with Gasteiger partial charge in [0.2, 0.25) is 0 Å². The zero-order chi connectivity index (χ0) is 8.08. The van der Waals surface area contributed by atoms with E-state index < -0.39 is 21.1 Å². The van der Waals surface area contributed by atoms with Gasteiger partial charge >= 0.3 is 0 Å². The fourth-order valence-corrected chi connectivity index (χ4v) is 0. The summed E-state index contributed by atoms with van der Waals surface area (Å²) in [5, 5.41) is 0. The Morgan fingerprint density at radius 1 is 1.30 bits per heavy atom. The van der Waals surface area contributed by atoms with Gasteiger partial charge in [-0.05, 0) is 0 Å². The van der Waals surface area contributed by atoms with Crippen molar-refractivity contribution in [3.05, 3.63) is 0 Å². The molecule has 0 saturated heterocycles. The first-order valence-electron chi connectivity index (χ1n) is 1.49. The van der Waals surface area contributed by atoms with Gasteiger partial charge in [-0.25, -0.2) is 8.42 Å². The summed E-state index contributed by atoms with van der Waals surface area (Å²) in [4.78, 5) is 0. The third-order valence-corrected chi connectivity index (χ3v) is 0. The van der Waals surface area contributed by atoms with E-state index in [-0.39, 0.29) is 7.43 Å². The van der Waals surface area contributed by atoms with Crippen LogP contribution in [0.5, 0.6) is 0 Å². The SMILES string of the molecule is C.CS(=O)(=O)O.O=[SH](=O)O. The van der Waals surface area contributed by atoms with E-state index >= 15 is 0 Å². The smallest absolute Gasteiger partial charge is 0.261 e. The maximum Gasteiger partial charge on any atom is 0.261 e. The molecule has 8 heteroatoms. The molecule has 0 saturated carbocycles. The monoisotopic (exact) mass is 194 g/mol. The maximum atomic E-state index is 9.19. The molecule has 0 aromatic heterocycles. The molecule has 2 N–H and O–H groups in total. The van der Waals surface area contributed by atoms with Crippen molar-refractivity contribution in [3.63, 3.8) is 0 Å². The lowest BCUT2D eigenvalue weighted by Crippen LogP contribution is -1.88. The van der Waals surface area contributed by atoms with Crippen molar-refractivity contribution in [2.75, 3.05) is 6.26 Å². The Balaban J connectivity index is -0.0000000910. The topological polar surface area (TPSA) is 109 Å². The first kappa shape index (κ1) is 16.4. The van der Waals surface area contributed by atoms with Gasteiger partial charge in [-0.15, -0.1) is 0 Å². The highest BCUT2D eigenvalue weighted by Gasteiger charge is 1.81. The minimum absolute atomic E-state index is 0. The Kier molecular flexibility index (Phi) is 11.4. The lowest BCUT2D eigenvalue weighted by Gasteiger charge is -1.69. The number of rotatable bonds is 0. The van der Waals surface area contributed by atoms with Crippen LogP contribution < -0.4 is 0 Å². The van der Waals surface area contributed by atoms with Crippen molar-refractivity contribution < 1.29 is 25.9 Å². The number of hydrogen-bond acceptors (Lipinski definition) is 4. The van der Waals surface area contributed by atoms with Gasteiger partial charge < -0.3 is 0 Å². The van der Waals surface area contributed by atoms with Crippen molar-refractivity contribution in [1.82, 2.24) is 0 Å². The summed E-state index contributed by atoms with van der Waals surface area (Å²) in [6.45, 7) is 0. The second-order valence-corrected chi connectivity index (χ2v) is 2.91. The predicted molar refractivity (Wildman–Crippen MR) is 37.1 cm³/mol. The highest BCUT2D eigenvalue weighted by molar-refractivity contribution is 7.85. The zero-order valence-electron chi connectivity index (χ0n) is 4.38. The molecule has 0 heterocycles. The first-order valence-corrected chi connectivity index (χ1v) is 4.47. The van der Waals surface area contributed by atoms with Crippen LogP contribution in [-0.4, -0.2) is 32.2 Å². The fraction of sp³-hybridized carbons (Fsp3) is 1.00. The van der Waals surface area contributed by atoms with Gasteiger partial charge in [-0.3, -0.25) is 9.11 Å². The normalized spacial score (nSPS) is 9.20. The fourth-order valence-electron chi connectivity index (χ4n) is 0. The summed E-state index contributed by atoms with van der Waals surface area (Å²) in [5.41, 5.74) is 0. The third-order valence-electron chi connectivity index (χ3n) is 0. The summed E-state index contributed by atoms with van der Waals surface area (Å²) < 4.78 is 50.1. The number of hydrogen-bond donors (Lipinski definition) is 3. The van der Waals surface area contributed by atoms with E-state index in [1.807, 2.05) is 0 Å². The minimum Gasteiger partial charge on any atom is -0.288 e. The predicted octanol–water partition coefficient (Wildman–Crippen LogP) is -0.789. The summed E-state index contributed by atoms with van der Waals surface area (Å²) in [7, 11) is -6.79. The van der Waals surface area contributed by atoms with Gasteiger partial charge in [-0.1, -0.05) is 7.43 Å². The van der Waals surface area contributed by atoms with Crippen LogP contribution in [0.25, 0.3) is 0 Å². The van der Waals surface area contributed by atoms with Crippen molar-refractivity contribution in [1.29, 1.82) is 0 Å². The van der Waals surface area contributed by atoms with Crippen molar-refractivity contribution in [3.8, 4) is 0 Å². The molecule has 0 aromatic carbocycles. The average molecular weight is 194 g/mol. The molecule has 10 heavy (non-hydrogen) atoms. The Morgan fingerprint density at radius 2 is 1.30 bits per heavy atom. The van der Waals surface area contributed by atoms with Gasteiger partial charge in [0.1, 0.15) is 0 Å². The Morgan fingerprint density at radius 3 is 1.30 bits per heavy atom. The van der Waals surface area contributed by atoms with Crippen LogP contribution in [0.4, 0.5) is 0 Å². The second kappa shape index (κ2) is 6.93. The minimum atomic E-state index is -3.67. The van der Waals surface area contributed by atoms with Crippen LogP contribution in [0.1, 0.15) is 7.43 Å². The Labute approximate surface area is 61.4 Å². The van der Waals surface area contributed by atoms with Gasteiger partial charge in [0.15, 0.2) is 0 Å². The molecule has 0 atom stereocenters. The molecular formula is C2H10O6S2. The lowest BCUT2D eigenvalue weighted by atomic mass is 12.0. The van der Waals surface area contributed by atoms with E-state index in [1.165, 1.54) is 0 Å². The molecule has 0 aliphatic heterocycles. The largest absolute Gasteiger partial charge is 0.288 e. The molecule has 0 aromatic rings. The highest BCUT2D eigenvalue weighted by Crippen LogP contribution is 1.60. The van der Waals surface area contributed by atoms with E-state index in [9.17, 15) is 8.42 Å². The summed E-state index contributed by atoms with van der Waals surface area (Å²) in [5.74, 6) is 0. The van der Waals surface area contributed by atoms with Crippen LogP contribution in [0.3, 0.4) is 0 Å². The van der Waals surface area contributed by atoms with Crippen LogP contribution in [0.2, 0.25) is 0 Å². The molecule has 0 unspecified atom stereocenters. The van der Waals surface area contributed by atoms with Gasteiger partial charge in [0.25, 0.3) is 21.1 Å². The van der Waals surface area contributed by atoms with Gasteiger partial charge in [0.05, 0.1) is 6.26 Å². The Hall–Kier alpha value is -0.180. The van der Waals surface area contributed by atoms with E-state index in [1.54, 1.807) is 0 Å². The summed E-state index contributed by atoms with van der Waals surface area (Å²) in [6.07, 6.45) is 0.715. The lowest BCUT2D eigenvalue weighted by molar-refractivity contribution is 0.490. The summed E-state index contributed by atoms with van der Waals surface area (Å²) in [6, 6.07) is 0. The molecule has 0 rings (SSSR count). The zero-order valence-corrected chi connectivity index (χ0v) is 6.09. The average Bonchev–Trinajstić information content (AvgIpc) is 1.19. The molecule has 6 nitrogen and oxygen atoms in total. The first-order chi connectivity index (χ1) is 3.73. The van der Waals surface area contributed by atoms with Gasteiger partial charge in [-0.2, -0.15) is 8.42 Å². The van der Waals surface area contributed by atoms with Crippen LogP contribution in [0.15, 0.2) is 0 Å². The van der Waals surface area contributed by atoms with Crippen molar-refractivity contribution >= 4 is 21.1 Å². The highest BCUT2D eigenvalue weighted by atomic mass is 32.2. The van der Waals surface area contributed by atoms with E-state index in [2.05, 4.69) is 0 Å². The van der Waals surface area contributed by atoms with Crippen LogP contribution in [-0.2, 0) is 21.1 Å². The van der Waals surface area contributed by atoms with Gasteiger partial charge in [0, 0.05) is 0 Å². The number of thiol groups is 1. The quantitative estimate of drug-likeness (QED) is 0.344. The molecule has 66 valence electrons. The van der Waals surface area contributed by atoms with Crippen molar-refractivity contribution in [2.45, 2.75) is 7.43 Å².